The number of hydrogen-bond donors (Lipinski definition) is 1. The summed E-state index contributed by atoms with van der Waals surface area (Å²) in [5.74, 6) is 0.0740. The quantitative estimate of drug-likeness (QED) is 0.831. The molecule has 0 spiro atoms. The van der Waals surface area contributed by atoms with E-state index in [0.717, 1.165) is 6.42 Å². The van der Waals surface area contributed by atoms with Crippen molar-refractivity contribution in [1.29, 1.82) is 0 Å². The van der Waals surface area contributed by atoms with E-state index in [1.54, 1.807) is 0 Å². The number of aliphatic carboxylic acids is 1. The fourth-order valence-corrected chi connectivity index (χ4v) is 1.55. The largest absolute Gasteiger partial charge is 0.486 e. The standard InChI is InChI=1S/C12H14N4O3/c1-2-9-3-5-10(6-4-9)19-8-11-13-14-15-16(11)7-12(17)18/h3-6H,2,7-8H2,1H3,(H,17,18). The average molecular weight is 262 g/mol. The summed E-state index contributed by atoms with van der Waals surface area (Å²) in [5, 5.41) is 19.5. The van der Waals surface area contributed by atoms with Crippen molar-refractivity contribution in [1.82, 2.24) is 20.2 Å². The van der Waals surface area contributed by atoms with Crippen LogP contribution in [0.2, 0.25) is 0 Å². The number of aryl methyl sites for hydroxylation is 1. The Balaban J connectivity index is 1.98. The minimum absolute atomic E-state index is 0.131. The summed E-state index contributed by atoms with van der Waals surface area (Å²) in [6.45, 7) is 1.93. The first-order valence-electron chi connectivity index (χ1n) is 5.87. The molecule has 100 valence electrons. The number of carboxylic acids is 1. The minimum Gasteiger partial charge on any atom is -0.486 e. The van der Waals surface area contributed by atoms with E-state index in [-0.39, 0.29) is 13.2 Å². The molecular formula is C12H14N4O3. The molecule has 0 atom stereocenters. The fraction of sp³-hybridized carbons (Fsp3) is 0.333. The van der Waals surface area contributed by atoms with E-state index < -0.39 is 5.97 Å². The van der Waals surface area contributed by atoms with Crippen LogP contribution in [-0.4, -0.2) is 31.3 Å². The molecule has 2 rings (SSSR count). The molecule has 0 saturated heterocycles. The molecule has 0 saturated carbocycles. The van der Waals surface area contributed by atoms with Crippen LogP contribution < -0.4 is 4.74 Å². The number of carbonyl (C=O) groups is 1. The van der Waals surface area contributed by atoms with Crippen LogP contribution in [0.5, 0.6) is 5.75 Å². The van der Waals surface area contributed by atoms with Crippen molar-refractivity contribution in [3.05, 3.63) is 35.7 Å². The zero-order chi connectivity index (χ0) is 13.7. The van der Waals surface area contributed by atoms with Crippen molar-refractivity contribution in [3.63, 3.8) is 0 Å². The van der Waals surface area contributed by atoms with Gasteiger partial charge in [-0.3, -0.25) is 4.79 Å². The Hall–Kier alpha value is -2.44. The molecule has 0 radical (unpaired) electrons. The molecule has 0 bridgehead atoms. The number of benzene rings is 1. The second-order valence-electron chi connectivity index (χ2n) is 3.93. The zero-order valence-electron chi connectivity index (χ0n) is 10.5. The van der Waals surface area contributed by atoms with Gasteiger partial charge in [0.15, 0.2) is 5.82 Å². The van der Waals surface area contributed by atoms with Crippen molar-refractivity contribution >= 4 is 5.97 Å². The van der Waals surface area contributed by atoms with Gasteiger partial charge in [-0.2, -0.15) is 0 Å². The molecule has 1 aromatic carbocycles. The fourth-order valence-electron chi connectivity index (χ4n) is 1.55. The molecule has 2 aromatic rings. The van der Waals surface area contributed by atoms with E-state index in [4.69, 9.17) is 9.84 Å². The van der Waals surface area contributed by atoms with Gasteiger partial charge in [0.2, 0.25) is 0 Å². The van der Waals surface area contributed by atoms with E-state index in [2.05, 4.69) is 22.4 Å². The maximum atomic E-state index is 10.6. The summed E-state index contributed by atoms with van der Waals surface area (Å²) in [6.07, 6.45) is 0.969. The number of carboxylic acid groups (broad SMARTS) is 1. The van der Waals surface area contributed by atoms with Gasteiger partial charge in [-0.25, -0.2) is 4.68 Å². The Morgan fingerprint density at radius 2 is 2.11 bits per heavy atom. The minimum atomic E-state index is -0.999. The summed E-state index contributed by atoms with van der Waals surface area (Å²) in [6, 6.07) is 7.69. The maximum absolute atomic E-state index is 10.6. The Labute approximate surface area is 109 Å². The number of aromatic nitrogens is 4. The van der Waals surface area contributed by atoms with E-state index in [1.807, 2.05) is 24.3 Å². The number of tetrazole rings is 1. The van der Waals surface area contributed by atoms with Gasteiger partial charge in [0.1, 0.15) is 18.9 Å². The molecule has 0 amide bonds. The SMILES string of the molecule is CCc1ccc(OCc2nnnn2CC(=O)O)cc1. The first-order valence-corrected chi connectivity index (χ1v) is 5.87. The highest BCUT2D eigenvalue weighted by molar-refractivity contribution is 5.66. The van der Waals surface area contributed by atoms with Gasteiger partial charge >= 0.3 is 5.97 Å². The highest BCUT2D eigenvalue weighted by Crippen LogP contribution is 2.13. The normalized spacial score (nSPS) is 10.4. The Morgan fingerprint density at radius 1 is 1.37 bits per heavy atom. The summed E-state index contributed by atoms with van der Waals surface area (Å²) in [4.78, 5) is 10.6. The lowest BCUT2D eigenvalue weighted by Gasteiger charge is -2.06. The molecule has 0 unspecified atom stereocenters. The van der Waals surface area contributed by atoms with Crippen LogP contribution in [-0.2, 0) is 24.4 Å². The van der Waals surface area contributed by atoms with Gasteiger partial charge in [-0.05, 0) is 34.5 Å². The molecule has 0 aliphatic heterocycles. The van der Waals surface area contributed by atoms with Gasteiger partial charge in [-0.1, -0.05) is 19.1 Å². The first-order chi connectivity index (χ1) is 9.19. The molecule has 7 heteroatoms. The first kappa shape index (κ1) is 13.0. The molecule has 7 nitrogen and oxygen atoms in total. The summed E-state index contributed by atoms with van der Waals surface area (Å²) in [5.41, 5.74) is 1.23. The van der Waals surface area contributed by atoms with Gasteiger partial charge in [-0.15, -0.1) is 5.10 Å². The molecular weight excluding hydrogens is 248 g/mol. The molecule has 1 aromatic heterocycles. The summed E-state index contributed by atoms with van der Waals surface area (Å²) in [7, 11) is 0. The predicted molar refractivity (Wildman–Crippen MR) is 65.6 cm³/mol. The third-order valence-corrected chi connectivity index (χ3v) is 2.59. The van der Waals surface area contributed by atoms with Crippen LogP contribution in [0.1, 0.15) is 18.3 Å². The molecule has 0 fully saturated rings. The zero-order valence-corrected chi connectivity index (χ0v) is 10.5. The van der Waals surface area contributed by atoms with Crippen molar-refractivity contribution in [2.75, 3.05) is 0 Å². The Morgan fingerprint density at radius 3 is 2.74 bits per heavy atom. The van der Waals surface area contributed by atoms with Crippen LogP contribution in [0, 0.1) is 0 Å². The third-order valence-electron chi connectivity index (χ3n) is 2.59. The smallest absolute Gasteiger partial charge is 0.325 e. The topological polar surface area (TPSA) is 90.1 Å². The molecule has 1 heterocycles. The van der Waals surface area contributed by atoms with Gasteiger partial charge in [0.25, 0.3) is 0 Å². The highest BCUT2D eigenvalue weighted by Gasteiger charge is 2.09. The molecule has 1 N–H and O–H groups in total. The maximum Gasteiger partial charge on any atom is 0.325 e. The van der Waals surface area contributed by atoms with Crippen molar-refractivity contribution in [2.45, 2.75) is 26.5 Å². The van der Waals surface area contributed by atoms with E-state index >= 15 is 0 Å². The van der Waals surface area contributed by atoms with Crippen LogP contribution >= 0.6 is 0 Å². The van der Waals surface area contributed by atoms with Crippen LogP contribution in [0.3, 0.4) is 0 Å². The molecule has 19 heavy (non-hydrogen) atoms. The lowest BCUT2D eigenvalue weighted by atomic mass is 10.2. The van der Waals surface area contributed by atoms with Crippen LogP contribution in [0.25, 0.3) is 0 Å². The van der Waals surface area contributed by atoms with Gasteiger partial charge < -0.3 is 9.84 Å². The molecule has 0 aliphatic carbocycles. The van der Waals surface area contributed by atoms with E-state index in [0.29, 0.717) is 11.6 Å². The van der Waals surface area contributed by atoms with E-state index in [9.17, 15) is 4.79 Å². The second-order valence-corrected chi connectivity index (χ2v) is 3.93. The third kappa shape index (κ3) is 3.51. The number of rotatable bonds is 6. The van der Waals surface area contributed by atoms with Crippen molar-refractivity contribution in [3.8, 4) is 5.75 Å². The lowest BCUT2D eigenvalue weighted by molar-refractivity contribution is -0.138. The second kappa shape index (κ2) is 5.94. The van der Waals surface area contributed by atoms with Crippen molar-refractivity contribution < 1.29 is 14.6 Å². The average Bonchev–Trinajstić information content (AvgIpc) is 2.83. The monoisotopic (exact) mass is 262 g/mol. The predicted octanol–water partition coefficient (Wildman–Crippen LogP) is 0.899. The number of ether oxygens (including phenoxy) is 1. The lowest BCUT2D eigenvalue weighted by Crippen LogP contribution is -2.14. The van der Waals surface area contributed by atoms with Gasteiger partial charge in [0, 0.05) is 0 Å². The Bertz CT molecular complexity index is 550. The summed E-state index contributed by atoms with van der Waals surface area (Å²) >= 11 is 0. The number of hydrogen-bond acceptors (Lipinski definition) is 5. The highest BCUT2D eigenvalue weighted by atomic mass is 16.5. The Kier molecular flexibility index (Phi) is 4.07. The van der Waals surface area contributed by atoms with E-state index in [1.165, 1.54) is 10.2 Å². The number of nitrogens with zero attached hydrogens (tertiary/aromatic N) is 4. The van der Waals surface area contributed by atoms with Crippen molar-refractivity contribution in [2.24, 2.45) is 0 Å². The molecule has 0 aliphatic rings. The van der Waals surface area contributed by atoms with Crippen LogP contribution in [0.15, 0.2) is 24.3 Å². The van der Waals surface area contributed by atoms with Crippen LogP contribution in [0.4, 0.5) is 0 Å². The van der Waals surface area contributed by atoms with Gasteiger partial charge in [0.05, 0.1) is 0 Å². The summed E-state index contributed by atoms with van der Waals surface area (Å²) < 4.78 is 6.71.